The molecule has 0 radical (unpaired) electrons. The standard InChI is InChI=1S/C7H9N3O5/c11-3-9-4(7(14)15)10-2-1-8-5(12)6(10)13/h3-4H,1-2H2,(H,8,12)(H,9,11)(H,14,15). The van der Waals surface area contributed by atoms with Crippen molar-refractivity contribution in [3.63, 3.8) is 0 Å². The zero-order valence-corrected chi connectivity index (χ0v) is 7.60. The number of hydrogen-bond acceptors (Lipinski definition) is 4. The molecule has 0 bridgehead atoms. The normalized spacial score (nSPS) is 18.0. The molecule has 3 N–H and O–H groups in total. The van der Waals surface area contributed by atoms with Crippen LogP contribution < -0.4 is 10.6 Å². The zero-order valence-electron chi connectivity index (χ0n) is 7.60. The van der Waals surface area contributed by atoms with E-state index in [9.17, 15) is 19.2 Å². The van der Waals surface area contributed by atoms with E-state index in [0.29, 0.717) is 0 Å². The first-order valence-corrected chi connectivity index (χ1v) is 4.09. The van der Waals surface area contributed by atoms with Gasteiger partial charge in [0.25, 0.3) is 0 Å². The zero-order chi connectivity index (χ0) is 11.4. The first kappa shape index (κ1) is 11.0. The molecule has 0 saturated carbocycles. The largest absolute Gasteiger partial charge is 0.478 e. The monoisotopic (exact) mass is 215 g/mol. The van der Waals surface area contributed by atoms with Crippen LogP contribution in [0.2, 0.25) is 0 Å². The highest BCUT2D eigenvalue weighted by atomic mass is 16.4. The highest BCUT2D eigenvalue weighted by molar-refractivity contribution is 6.35. The van der Waals surface area contributed by atoms with E-state index < -0.39 is 23.9 Å². The van der Waals surface area contributed by atoms with Gasteiger partial charge in [0.2, 0.25) is 12.6 Å². The van der Waals surface area contributed by atoms with Crippen LogP contribution >= 0.6 is 0 Å². The fourth-order valence-electron chi connectivity index (χ4n) is 1.20. The summed E-state index contributed by atoms with van der Waals surface area (Å²) in [6.07, 6.45) is -1.33. The summed E-state index contributed by atoms with van der Waals surface area (Å²) in [7, 11) is 0. The van der Waals surface area contributed by atoms with Crippen molar-refractivity contribution in [2.45, 2.75) is 6.17 Å². The molecule has 0 aromatic heterocycles. The Kier molecular flexibility index (Phi) is 3.21. The number of carbonyl (C=O) groups is 4. The number of amides is 3. The third-order valence-electron chi connectivity index (χ3n) is 1.86. The summed E-state index contributed by atoms with van der Waals surface area (Å²) in [5.74, 6) is -3.24. The lowest BCUT2D eigenvalue weighted by molar-refractivity contribution is -0.158. The van der Waals surface area contributed by atoms with E-state index in [2.05, 4.69) is 5.32 Å². The van der Waals surface area contributed by atoms with Gasteiger partial charge in [0.05, 0.1) is 0 Å². The topological polar surface area (TPSA) is 116 Å². The minimum atomic E-state index is -1.50. The fraction of sp³-hybridized carbons (Fsp3) is 0.429. The number of carboxylic acid groups (broad SMARTS) is 1. The van der Waals surface area contributed by atoms with Gasteiger partial charge in [-0.15, -0.1) is 0 Å². The molecule has 1 heterocycles. The Morgan fingerprint density at radius 3 is 2.80 bits per heavy atom. The van der Waals surface area contributed by atoms with Crippen molar-refractivity contribution in [3.8, 4) is 0 Å². The number of aliphatic carboxylic acids is 1. The first-order chi connectivity index (χ1) is 7.07. The Labute approximate surface area is 84.2 Å². The molecule has 15 heavy (non-hydrogen) atoms. The maximum atomic E-state index is 11.2. The molecule has 0 spiro atoms. The van der Waals surface area contributed by atoms with Crippen LogP contribution in [-0.4, -0.2) is 53.5 Å². The highest BCUT2D eigenvalue weighted by Gasteiger charge is 2.35. The van der Waals surface area contributed by atoms with Crippen molar-refractivity contribution in [1.29, 1.82) is 0 Å². The SMILES string of the molecule is O=CNC(C(=O)O)N1CCNC(=O)C1=O. The third-order valence-corrected chi connectivity index (χ3v) is 1.86. The van der Waals surface area contributed by atoms with Gasteiger partial charge in [0.1, 0.15) is 0 Å². The Bertz CT molecular complexity index is 316. The fourth-order valence-corrected chi connectivity index (χ4v) is 1.20. The molecule has 82 valence electrons. The summed E-state index contributed by atoms with van der Waals surface area (Å²) in [6.45, 7) is 0.206. The molecule has 0 aliphatic carbocycles. The van der Waals surface area contributed by atoms with E-state index in [4.69, 9.17) is 5.11 Å². The van der Waals surface area contributed by atoms with Crippen LogP contribution in [0.4, 0.5) is 0 Å². The number of rotatable bonds is 4. The minimum Gasteiger partial charge on any atom is -0.478 e. The maximum absolute atomic E-state index is 11.2. The summed E-state index contributed by atoms with van der Waals surface area (Å²) in [6, 6.07) is 0. The molecule has 1 unspecified atom stereocenters. The minimum absolute atomic E-state index is 0.0440. The molecular formula is C7H9N3O5. The van der Waals surface area contributed by atoms with Crippen LogP contribution in [0.1, 0.15) is 0 Å². The Hall–Kier alpha value is -2.12. The third kappa shape index (κ3) is 2.22. The van der Waals surface area contributed by atoms with Crippen molar-refractivity contribution < 1.29 is 24.3 Å². The molecule has 0 aromatic rings. The number of piperazine rings is 1. The lowest BCUT2D eigenvalue weighted by Gasteiger charge is -2.30. The predicted molar refractivity (Wildman–Crippen MR) is 45.3 cm³/mol. The predicted octanol–water partition coefficient (Wildman–Crippen LogP) is -2.90. The molecule has 1 aliphatic heterocycles. The Balaban J connectivity index is 2.82. The lowest BCUT2D eigenvalue weighted by Crippen LogP contribution is -2.61. The van der Waals surface area contributed by atoms with E-state index in [1.807, 2.05) is 5.32 Å². The molecule has 1 atom stereocenters. The lowest BCUT2D eigenvalue weighted by atomic mass is 10.3. The van der Waals surface area contributed by atoms with Crippen LogP contribution in [0.5, 0.6) is 0 Å². The second-order valence-electron chi connectivity index (χ2n) is 2.78. The van der Waals surface area contributed by atoms with E-state index in [1.54, 1.807) is 0 Å². The van der Waals surface area contributed by atoms with Gasteiger partial charge in [0, 0.05) is 13.1 Å². The van der Waals surface area contributed by atoms with E-state index in [-0.39, 0.29) is 19.5 Å². The Morgan fingerprint density at radius 1 is 1.60 bits per heavy atom. The Morgan fingerprint density at radius 2 is 2.27 bits per heavy atom. The average molecular weight is 215 g/mol. The number of nitrogens with zero attached hydrogens (tertiary/aromatic N) is 1. The first-order valence-electron chi connectivity index (χ1n) is 4.09. The van der Waals surface area contributed by atoms with Gasteiger partial charge in [-0.3, -0.25) is 14.4 Å². The van der Waals surface area contributed by atoms with Crippen molar-refractivity contribution in [2.24, 2.45) is 0 Å². The maximum Gasteiger partial charge on any atom is 0.347 e. The average Bonchev–Trinajstić information content (AvgIpc) is 2.19. The number of carboxylic acids is 1. The van der Waals surface area contributed by atoms with Gasteiger partial charge in [-0.2, -0.15) is 0 Å². The second-order valence-corrected chi connectivity index (χ2v) is 2.78. The van der Waals surface area contributed by atoms with E-state index in [1.165, 1.54) is 0 Å². The quantitative estimate of drug-likeness (QED) is 0.343. The van der Waals surface area contributed by atoms with Crippen LogP contribution in [0.15, 0.2) is 0 Å². The van der Waals surface area contributed by atoms with Crippen LogP contribution in [0, 0.1) is 0 Å². The van der Waals surface area contributed by atoms with E-state index in [0.717, 1.165) is 4.90 Å². The molecule has 1 fully saturated rings. The van der Waals surface area contributed by atoms with Crippen LogP contribution in [0.3, 0.4) is 0 Å². The summed E-state index contributed by atoms with van der Waals surface area (Å²) in [5, 5.41) is 12.9. The van der Waals surface area contributed by atoms with Gasteiger partial charge in [-0.1, -0.05) is 0 Å². The van der Waals surface area contributed by atoms with Crippen molar-refractivity contribution >= 4 is 24.2 Å². The summed E-state index contributed by atoms with van der Waals surface area (Å²) >= 11 is 0. The summed E-state index contributed by atoms with van der Waals surface area (Å²) in [4.78, 5) is 43.8. The molecule has 8 heteroatoms. The highest BCUT2D eigenvalue weighted by Crippen LogP contribution is 2.01. The van der Waals surface area contributed by atoms with Crippen LogP contribution in [0.25, 0.3) is 0 Å². The van der Waals surface area contributed by atoms with Gasteiger partial charge >= 0.3 is 17.8 Å². The number of nitrogens with one attached hydrogen (secondary N) is 2. The van der Waals surface area contributed by atoms with Gasteiger partial charge < -0.3 is 20.6 Å². The smallest absolute Gasteiger partial charge is 0.347 e. The molecule has 0 aromatic carbocycles. The van der Waals surface area contributed by atoms with Crippen molar-refractivity contribution in [2.75, 3.05) is 13.1 Å². The van der Waals surface area contributed by atoms with Crippen molar-refractivity contribution in [1.82, 2.24) is 15.5 Å². The molecule has 1 rings (SSSR count). The van der Waals surface area contributed by atoms with Gasteiger partial charge in [-0.05, 0) is 0 Å². The summed E-state index contributed by atoms with van der Waals surface area (Å²) < 4.78 is 0. The van der Waals surface area contributed by atoms with Crippen LogP contribution in [-0.2, 0) is 19.2 Å². The molecular weight excluding hydrogens is 206 g/mol. The van der Waals surface area contributed by atoms with Gasteiger partial charge in [-0.25, -0.2) is 4.79 Å². The molecule has 1 aliphatic rings. The molecule has 3 amide bonds. The van der Waals surface area contributed by atoms with Gasteiger partial charge in [0.15, 0.2) is 0 Å². The van der Waals surface area contributed by atoms with E-state index >= 15 is 0 Å². The number of carbonyl (C=O) groups excluding carboxylic acids is 3. The number of hydrogen-bond donors (Lipinski definition) is 3. The molecule has 8 nitrogen and oxygen atoms in total. The second kappa shape index (κ2) is 4.40. The van der Waals surface area contributed by atoms with Crippen molar-refractivity contribution in [3.05, 3.63) is 0 Å². The molecule has 1 saturated heterocycles. The summed E-state index contributed by atoms with van der Waals surface area (Å²) in [5.41, 5.74) is 0.